The van der Waals surface area contributed by atoms with Crippen molar-refractivity contribution in [1.29, 1.82) is 0 Å². The number of carbonyl (C=O) groups excluding carboxylic acids is 5. The number of carbonyl (C=O) groups is 5. The molecule has 1 heterocycles. The molecular weight excluding hydrogens is 512 g/mol. The third kappa shape index (κ3) is 10.7. The van der Waals surface area contributed by atoms with Gasteiger partial charge in [0.2, 0.25) is 17.7 Å². The summed E-state index contributed by atoms with van der Waals surface area (Å²) in [6.07, 6.45) is 4.51. The molecule has 5 amide bonds. The van der Waals surface area contributed by atoms with Gasteiger partial charge in [0.1, 0.15) is 12.6 Å². The number of amides is 5. The Bertz CT molecular complexity index is 1100. The van der Waals surface area contributed by atoms with Crippen molar-refractivity contribution in [3.05, 3.63) is 54.3 Å². The van der Waals surface area contributed by atoms with Gasteiger partial charge in [-0.2, -0.15) is 0 Å². The largest absolute Gasteiger partial charge is 0.493 e. The van der Waals surface area contributed by atoms with Crippen molar-refractivity contribution in [1.82, 2.24) is 15.5 Å². The maximum absolute atomic E-state index is 12.7. The van der Waals surface area contributed by atoms with Gasteiger partial charge in [-0.15, -0.1) is 0 Å². The lowest BCUT2D eigenvalue weighted by Crippen LogP contribution is -2.51. The first-order valence-corrected chi connectivity index (χ1v) is 13.6. The molecule has 0 aromatic heterocycles. The number of allylic oxidation sites excluding steroid dienone is 1. The Hall–Kier alpha value is -3.95. The van der Waals surface area contributed by atoms with Crippen LogP contribution in [0.1, 0.15) is 65.9 Å². The zero-order valence-electron chi connectivity index (χ0n) is 24.2. The van der Waals surface area contributed by atoms with E-state index in [1.807, 2.05) is 46.8 Å². The minimum Gasteiger partial charge on any atom is -0.493 e. The Morgan fingerprint density at radius 2 is 1.57 bits per heavy atom. The fraction of sp³-hybridized carbons (Fsp3) is 0.500. The number of benzene rings is 1. The van der Waals surface area contributed by atoms with E-state index >= 15 is 0 Å². The van der Waals surface area contributed by atoms with Crippen molar-refractivity contribution in [2.45, 2.75) is 73.0 Å². The van der Waals surface area contributed by atoms with Crippen LogP contribution in [0.2, 0.25) is 0 Å². The van der Waals surface area contributed by atoms with Crippen LogP contribution in [-0.4, -0.2) is 53.6 Å². The lowest BCUT2D eigenvalue weighted by molar-refractivity contribution is -0.137. The van der Waals surface area contributed by atoms with Crippen molar-refractivity contribution in [3.8, 4) is 0 Å². The molecule has 3 N–H and O–H groups in total. The predicted octanol–water partition coefficient (Wildman–Crippen LogP) is 3.44. The van der Waals surface area contributed by atoms with E-state index in [1.165, 1.54) is 17.1 Å². The molecule has 0 bridgehead atoms. The third-order valence-corrected chi connectivity index (χ3v) is 6.36. The zero-order chi connectivity index (χ0) is 29.9. The van der Waals surface area contributed by atoms with Crippen LogP contribution in [0.25, 0.3) is 0 Å². The zero-order valence-corrected chi connectivity index (χ0v) is 24.2. The normalized spacial score (nSPS) is 13.8. The summed E-state index contributed by atoms with van der Waals surface area (Å²) in [5.41, 5.74) is 1.37. The second-order valence-corrected chi connectivity index (χ2v) is 11.2. The molecule has 218 valence electrons. The highest BCUT2D eigenvalue weighted by atomic mass is 16.5. The number of nitrogens with one attached hydrogen (secondary N) is 3. The van der Waals surface area contributed by atoms with Gasteiger partial charge in [0.15, 0.2) is 0 Å². The number of anilines is 1. The molecular formula is C30H42N4O6. The van der Waals surface area contributed by atoms with E-state index in [9.17, 15) is 24.0 Å². The van der Waals surface area contributed by atoms with E-state index in [2.05, 4.69) is 22.5 Å². The summed E-state index contributed by atoms with van der Waals surface area (Å²) < 4.78 is 5.72. The fourth-order valence-corrected chi connectivity index (χ4v) is 3.72. The molecule has 1 aliphatic heterocycles. The molecule has 0 spiro atoms. The summed E-state index contributed by atoms with van der Waals surface area (Å²) in [7, 11) is 0. The lowest BCUT2D eigenvalue weighted by atomic mass is 9.95. The van der Waals surface area contributed by atoms with Crippen LogP contribution in [-0.2, 0) is 35.3 Å². The van der Waals surface area contributed by atoms with Gasteiger partial charge >= 0.3 is 0 Å². The minimum absolute atomic E-state index is 0.145. The van der Waals surface area contributed by atoms with Crippen LogP contribution in [0.4, 0.5) is 5.69 Å². The number of rotatable bonds is 15. The van der Waals surface area contributed by atoms with Gasteiger partial charge < -0.3 is 20.7 Å². The minimum atomic E-state index is -0.784. The predicted molar refractivity (Wildman–Crippen MR) is 153 cm³/mol. The van der Waals surface area contributed by atoms with E-state index < -0.39 is 17.9 Å². The molecule has 1 aromatic rings. The standard InChI is InChI=1S/C30H42N4O6/c1-20(2)28(33-24(35)10-8-7-9-17-34-26(37)15-16-27(34)38)29(39)31-18-25(36)32-23-13-11-22(12-14-23)19-40-21(3)30(4,5)6/h11-16,20,28H,3,7-10,17-19H2,1-2,4-6H3,(H,31,39)(H,32,36)(H,33,35). The number of ether oxygens (including phenoxy) is 1. The smallest absolute Gasteiger partial charge is 0.253 e. The number of hydrogen-bond acceptors (Lipinski definition) is 6. The number of unbranched alkanes of at least 4 members (excludes halogenated alkanes) is 2. The van der Waals surface area contributed by atoms with Gasteiger partial charge in [-0.1, -0.05) is 59.8 Å². The Balaban J connectivity index is 1.70. The third-order valence-electron chi connectivity index (χ3n) is 6.36. The maximum atomic E-state index is 12.7. The number of hydrogen-bond donors (Lipinski definition) is 3. The topological polar surface area (TPSA) is 134 Å². The Labute approximate surface area is 236 Å². The van der Waals surface area contributed by atoms with Gasteiger partial charge in [0, 0.05) is 36.2 Å². The summed E-state index contributed by atoms with van der Waals surface area (Å²) in [4.78, 5) is 61.8. The molecule has 40 heavy (non-hydrogen) atoms. The lowest BCUT2D eigenvalue weighted by Gasteiger charge is -2.22. The molecule has 10 heteroatoms. The highest BCUT2D eigenvalue weighted by Crippen LogP contribution is 2.25. The summed E-state index contributed by atoms with van der Waals surface area (Å²) >= 11 is 0. The van der Waals surface area contributed by atoms with E-state index in [0.717, 1.165) is 5.56 Å². The summed E-state index contributed by atoms with van der Waals surface area (Å²) in [6.45, 7) is 14.1. The van der Waals surface area contributed by atoms with Gasteiger partial charge in [0.25, 0.3) is 11.8 Å². The SMILES string of the molecule is C=C(OCc1ccc(NC(=O)CNC(=O)C(NC(=O)CCCCCN2C(=O)C=CC2=O)C(C)C)cc1)C(C)(C)C. The average Bonchev–Trinajstić information content (AvgIpc) is 3.21. The molecule has 0 fully saturated rings. The first kappa shape index (κ1) is 32.3. The van der Waals surface area contributed by atoms with Crippen molar-refractivity contribution >= 4 is 35.2 Å². The molecule has 1 aromatic carbocycles. The second-order valence-electron chi connectivity index (χ2n) is 11.2. The monoisotopic (exact) mass is 554 g/mol. The highest BCUT2D eigenvalue weighted by Gasteiger charge is 2.25. The highest BCUT2D eigenvalue weighted by molar-refractivity contribution is 6.12. The first-order valence-electron chi connectivity index (χ1n) is 13.6. The molecule has 0 saturated heterocycles. The van der Waals surface area contributed by atoms with Gasteiger partial charge in [0.05, 0.1) is 12.3 Å². The van der Waals surface area contributed by atoms with Crippen LogP contribution in [0, 0.1) is 11.3 Å². The summed E-state index contributed by atoms with van der Waals surface area (Å²) in [5, 5.41) is 8.07. The van der Waals surface area contributed by atoms with Crippen LogP contribution in [0.5, 0.6) is 0 Å². The first-order chi connectivity index (χ1) is 18.8. The van der Waals surface area contributed by atoms with Crippen LogP contribution < -0.4 is 16.0 Å². The van der Waals surface area contributed by atoms with Crippen molar-refractivity contribution in [3.63, 3.8) is 0 Å². The van der Waals surface area contributed by atoms with Crippen LogP contribution in [0.15, 0.2) is 48.8 Å². The van der Waals surface area contributed by atoms with E-state index in [1.54, 1.807) is 12.1 Å². The molecule has 2 rings (SSSR count). The summed E-state index contributed by atoms with van der Waals surface area (Å²) in [5.74, 6) is -1.23. The Kier molecular flexibility index (Phi) is 12.1. The maximum Gasteiger partial charge on any atom is 0.253 e. The number of imide groups is 1. The van der Waals surface area contributed by atoms with Gasteiger partial charge in [-0.3, -0.25) is 28.9 Å². The van der Waals surface area contributed by atoms with Crippen LogP contribution >= 0.6 is 0 Å². The van der Waals surface area contributed by atoms with Crippen molar-refractivity contribution < 1.29 is 28.7 Å². The van der Waals surface area contributed by atoms with E-state index in [-0.39, 0.29) is 42.0 Å². The summed E-state index contributed by atoms with van der Waals surface area (Å²) in [6, 6.07) is 6.42. The average molecular weight is 555 g/mol. The molecule has 0 radical (unpaired) electrons. The van der Waals surface area contributed by atoms with E-state index in [4.69, 9.17) is 4.74 Å². The van der Waals surface area contributed by atoms with Crippen LogP contribution in [0.3, 0.4) is 0 Å². The Morgan fingerprint density at radius 1 is 0.950 bits per heavy atom. The molecule has 1 unspecified atom stereocenters. The molecule has 10 nitrogen and oxygen atoms in total. The van der Waals surface area contributed by atoms with Gasteiger partial charge in [-0.25, -0.2) is 0 Å². The molecule has 0 aliphatic carbocycles. The van der Waals surface area contributed by atoms with Gasteiger partial charge in [-0.05, 0) is 36.5 Å². The quantitative estimate of drug-likeness (QED) is 0.173. The molecule has 0 saturated carbocycles. The number of nitrogens with zero attached hydrogens (tertiary/aromatic N) is 1. The van der Waals surface area contributed by atoms with Crippen molar-refractivity contribution in [2.75, 3.05) is 18.4 Å². The second kappa shape index (κ2) is 15.0. The fourth-order valence-electron chi connectivity index (χ4n) is 3.72. The molecule has 1 atom stereocenters. The molecule has 1 aliphatic rings. The van der Waals surface area contributed by atoms with E-state index in [0.29, 0.717) is 43.9 Å². The van der Waals surface area contributed by atoms with Crippen molar-refractivity contribution in [2.24, 2.45) is 11.3 Å². The Morgan fingerprint density at radius 3 is 2.15 bits per heavy atom.